The van der Waals surface area contributed by atoms with Crippen molar-refractivity contribution in [1.82, 2.24) is 5.43 Å². The van der Waals surface area contributed by atoms with Gasteiger partial charge in [0.05, 0.1) is 6.21 Å². The van der Waals surface area contributed by atoms with Crippen LogP contribution in [0.3, 0.4) is 0 Å². The monoisotopic (exact) mass is 300 g/mol. The van der Waals surface area contributed by atoms with Crippen molar-refractivity contribution in [3.63, 3.8) is 0 Å². The number of hydrogen-bond acceptors (Lipinski definition) is 3. The summed E-state index contributed by atoms with van der Waals surface area (Å²) in [6, 6.07) is 11.8. The number of nitrogens with one attached hydrogen (secondary N) is 1. The maximum absolute atomic E-state index is 13.3. The van der Waals surface area contributed by atoms with Crippen molar-refractivity contribution in [2.45, 2.75) is 13.8 Å². The fraction of sp³-hybridized carbons (Fsp3) is 0.176. The van der Waals surface area contributed by atoms with Crippen molar-refractivity contribution in [3.8, 4) is 5.75 Å². The maximum Gasteiger partial charge on any atom is 0.277 e. The summed E-state index contributed by atoms with van der Waals surface area (Å²) in [5, 5.41) is 3.87. The quantitative estimate of drug-likeness (QED) is 0.682. The lowest BCUT2D eigenvalue weighted by Crippen LogP contribution is -2.24. The average molecular weight is 300 g/mol. The molecule has 2 rings (SSSR count). The van der Waals surface area contributed by atoms with Crippen LogP contribution in [-0.2, 0) is 4.79 Å². The van der Waals surface area contributed by atoms with Crippen LogP contribution in [-0.4, -0.2) is 18.7 Å². The van der Waals surface area contributed by atoms with Gasteiger partial charge in [0.2, 0.25) is 0 Å². The number of ether oxygens (including phenoxy) is 1. The Morgan fingerprint density at radius 2 is 2.05 bits per heavy atom. The zero-order valence-corrected chi connectivity index (χ0v) is 12.5. The third-order valence-electron chi connectivity index (χ3n) is 3.01. The molecular weight excluding hydrogens is 283 g/mol. The Balaban J connectivity index is 1.85. The molecule has 0 bridgehead atoms. The van der Waals surface area contributed by atoms with Crippen molar-refractivity contribution in [2.24, 2.45) is 5.10 Å². The molecule has 0 aromatic heterocycles. The summed E-state index contributed by atoms with van der Waals surface area (Å²) in [5.74, 6) is -0.922. The zero-order chi connectivity index (χ0) is 15.9. The van der Waals surface area contributed by atoms with Crippen LogP contribution in [0.5, 0.6) is 5.75 Å². The Kier molecular flexibility index (Phi) is 5.25. The van der Waals surface area contributed by atoms with E-state index in [0.717, 1.165) is 16.7 Å². The first kappa shape index (κ1) is 15.7. The number of rotatable bonds is 5. The van der Waals surface area contributed by atoms with Crippen LogP contribution in [0, 0.1) is 19.7 Å². The van der Waals surface area contributed by atoms with Gasteiger partial charge in [0.25, 0.3) is 5.91 Å². The normalized spacial score (nSPS) is 10.7. The number of aryl methyl sites for hydroxylation is 2. The molecule has 5 heteroatoms. The minimum Gasteiger partial charge on any atom is -0.481 e. The number of halogens is 1. The zero-order valence-electron chi connectivity index (χ0n) is 12.5. The third kappa shape index (κ3) is 4.41. The van der Waals surface area contributed by atoms with Gasteiger partial charge in [-0.25, -0.2) is 9.82 Å². The lowest BCUT2D eigenvalue weighted by atomic mass is 10.1. The number of nitrogens with zero attached hydrogens (tertiary/aromatic N) is 1. The topological polar surface area (TPSA) is 50.7 Å². The molecule has 1 amide bonds. The Bertz CT molecular complexity index is 699. The fourth-order valence-electron chi connectivity index (χ4n) is 1.88. The number of carbonyl (C=O) groups excluding carboxylic acids is 1. The van der Waals surface area contributed by atoms with Crippen LogP contribution in [0.4, 0.5) is 4.39 Å². The molecule has 0 fully saturated rings. The van der Waals surface area contributed by atoms with E-state index < -0.39 is 11.7 Å². The van der Waals surface area contributed by atoms with Gasteiger partial charge in [-0.3, -0.25) is 4.79 Å². The van der Waals surface area contributed by atoms with E-state index in [9.17, 15) is 9.18 Å². The van der Waals surface area contributed by atoms with Crippen molar-refractivity contribution in [1.29, 1.82) is 0 Å². The largest absolute Gasteiger partial charge is 0.481 e. The van der Waals surface area contributed by atoms with E-state index in [1.54, 1.807) is 18.3 Å². The Morgan fingerprint density at radius 1 is 1.27 bits per heavy atom. The van der Waals surface area contributed by atoms with Crippen molar-refractivity contribution < 1.29 is 13.9 Å². The Hall–Kier alpha value is -2.69. The van der Waals surface area contributed by atoms with Crippen molar-refractivity contribution in [2.75, 3.05) is 6.61 Å². The minimum atomic E-state index is -0.505. The van der Waals surface area contributed by atoms with Crippen molar-refractivity contribution >= 4 is 12.1 Å². The summed E-state index contributed by atoms with van der Waals surface area (Å²) in [4.78, 5) is 11.6. The molecule has 0 unspecified atom stereocenters. The van der Waals surface area contributed by atoms with Crippen LogP contribution in [0.25, 0.3) is 0 Å². The van der Waals surface area contributed by atoms with Crippen LogP contribution in [0.15, 0.2) is 47.6 Å². The lowest BCUT2D eigenvalue weighted by molar-refractivity contribution is -0.123. The molecule has 0 aliphatic carbocycles. The van der Waals surface area contributed by atoms with E-state index in [4.69, 9.17) is 4.74 Å². The van der Waals surface area contributed by atoms with Gasteiger partial charge in [0.15, 0.2) is 18.2 Å². The predicted octanol–water partition coefficient (Wildman–Crippen LogP) is 2.97. The van der Waals surface area contributed by atoms with E-state index in [2.05, 4.69) is 10.5 Å². The molecule has 0 radical (unpaired) electrons. The molecular formula is C17H17FN2O2. The number of amides is 1. The first-order chi connectivity index (χ1) is 10.6. The highest BCUT2D eigenvalue weighted by molar-refractivity contribution is 5.84. The standard InChI is InChI=1S/C17H17FN2O2/c1-12-7-8-14(13(2)9-12)10-19-20-17(21)11-22-16-6-4-3-5-15(16)18/h3-10H,11H2,1-2H3,(H,20,21)/b19-10-. The number of hydrogen-bond donors (Lipinski definition) is 1. The highest BCUT2D eigenvalue weighted by Gasteiger charge is 2.05. The summed E-state index contributed by atoms with van der Waals surface area (Å²) >= 11 is 0. The Morgan fingerprint density at radius 3 is 2.77 bits per heavy atom. The van der Waals surface area contributed by atoms with E-state index in [1.807, 2.05) is 32.0 Å². The molecule has 4 nitrogen and oxygen atoms in total. The van der Waals surface area contributed by atoms with Crippen molar-refractivity contribution in [3.05, 3.63) is 65.0 Å². The highest BCUT2D eigenvalue weighted by Crippen LogP contribution is 2.14. The maximum atomic E-state index is 13.3. The fourth-order valence-corrected chi connectivity index (χ4v) is 1.88. The van der Waals surface area contributed by atoms with Gasteiger partial charge in [-0.2, -0.15) is 5.10 Å². The van der Waals surface area contributed by atoms with E-state index >= 15 is 0 Å². The summed E-state index contributed by atoms with van der Waals surface area (Å²) in [6.07, 6.45) is 1.57. The molecule has 0 saturated heterocycles. The second kappa shape index (κ2) is 7.36. The molecule has 0 spiro atoms. The second-order valence-electron chi connectivity index (χ2n) is 4.87. The van der Waals surface area contributed by atoms with Crippen LogP contribution >= 0.6 is 0 Å². The molecule has 0 heterocycles. The molecule has 1 N–H and O–H groups in total. The number of carbonyl (C=O) groups is 1. The highest BCUT2D eigenvalue weighted by atomic mass is 19.1. The molecule has 0 saturated carbocycles. The first-order valence-corrected chi connectivity index (χ1v) is 6.83. The third-order valence-corrected chi connectivity index (χ3v) is 3.01. The van der Waals surface area contributed by atoms with Crippen LogP contribution in [0.2, 0.25) is 0 Å². The summed E-state index contributed by atoms with van der Waals surface area (Å²) in [6.45, 7) is 3.68. The van der Waals surface area contributed by atoms with Crippen LogP contribution < -0.4 is 10.2 Å². The van der Waals surface area contributed by atoms with Gasteiger partial charge in [-0.15, -0.1) is 0 Å². The van der Waals surface area contributed by atoms with E-state index in [0.29, 0.717) is 0 Å². The number of para-hydroxylation sites is 1. The number of hydrazone groups is 1. The molecule has 0 aliphatic rings. The predicted molar refractivity (Wildman–Crippen MR) is 83.5 cm³/mol. The summed E-state index contributed by atoms with van der Waals surface area (Å²) in [7, 11) is 0. The van der Waals surface area contributed by atoms with Gasteiger partial charge in [-0.05, 0) is 37.1 Å². The minimum absolute atomic E-state index is 0.0380. The molecule has 0 aliphatic heterocycles. The van der Waals surface area contributed by atoms with Gasteiger partial charge in [0, 0.05) is 0 Å². The molecule has 22 heavy (non-hydrogen) atoms. The smallest absolute Gasteiger partial charge is 0.277 e. The Labute approximate surface area is 128 Å². The molecule has 0 atom stereocenters. The molecule has 2 aromatic rings. The van der Waals surface area contributed by atoms with Crippen LogP contribution in [0.1, 0.15) is 16.7 Å². The van der Waals surface area contributed by atoms with Gasteiger partial charge in [-0.1, -0.05) is 35.9 Å². The van der Waals surface area contributed by atoms with Gasteiger partial charge < -0.3 is 4.74 Å². The second-order valence-corrected chi connectivity index (χ2v) is 4.87. The lowest BCUT2D eigenvalue weighted by Gasteiger charge is -2.05. The number of benzene rings is 2. The van der Waals surface area contributed by atoms with Gasteiger partial charge in [0.1, 0.15) is 0 Å². The first-order valence-electron chi connectivity index (χ1n) is 6.83. The molecule has 114 valence electrons. The summed E-state index contributed by atoms with van der Waals surface area (Å²) in [5.41, 5.74) is 5.50. The SMILES string of the molecule is Cc1ccc(/C=N\NC(=O)COc2ccccc2F)c(C)c1. The van der Waals surface area contributed by atoms with E-state index in [-0.39, 0.29) is 12.4 Å². The average Bonchev–Trinajstić information content (AvgIpc) is 2.49. The van der Waals surface area contributed by atoms with E-state index in [1.165, 1.54) is 12.1 Å². The molecule has 2 aromatic carbocycles. The summed E-state index contributed by atoms with van der Waals surface area (Å²) < 4.78 is 18.4. The van der Waals surface area contributed by atoms with Gasteiger partial charge >= 0.3 is 0 Å².